The van der Waals surface area contributed by atoms with Crippen molar-refractivity contribution in [2.24, 2.45) is 34.5 Å². The van der Waals surface area contributed by atoms with Crippen LogP contribution in [-0.4, -0.2) is 46.1 Å². The van der Waals surface area contributed by atoms with Gasteiger partial charge in [0.25, 0.3) is 0 Å². The first kappa shape index (κ1) is 21.0. The SMILES string of the molecule is CC(=O)OCC(=O)[C@@]1(O)CC[C@@H]2[C@H]3CC[C@@H]4CC(=O)CC[C@]4(C)[C@@H]3[C@@H](O)C[C@@]21C. The van der Waals surface area contributed by atoms with E-state index in [9.17, 15) is 24.6 Å². The molecule has 29 heavy (non-hydrogen) atoms. The summed E-state index contributed by atoms with van der Waals surface area (Å²) in [6.45, 7) is 5.02. The molecule has 4 rings (SSSR count). The van der Waals surface area contributed by atoms with Gasteiger partial charge in [-0.2, -0.15) is 0 Å². The number of aliphatic hydroxyl groups excluding tert-OH is 1. The van der Waals surface area contributed by atoms with Crippen molar-refractivity contribution in [3.8, 4) is 0 Å². The largest absolute Gasteiger partial charge is 0.458 e. The summed E-state index contributed by atoms with van der Waals surface area (Å²) in [5.41, 5.74) is -2.35. The summed E-state index contributed by atoms with van der Waals surface area (Å²) in [5, 5.41) is 22.8. The molecule has 0 aromatic carbocycles. The molecule has 0 bridgehead atoms. The van der Waals surface area contributed by atoms with Gasteiger partial charge in [-0.25, -0.2) is 0 Å². The van der Waals surface area contributed by atoms with Crippen LogP contribution in [0.3, 0.4) is 0 Å². The quantitative estimate of drug-likeness (QED) is 0.698. The van der Waals surface area contributed by atoms with Crippen LogP contribution >= 0.6 is 0 Å². The molecule has 6 nitrogen and oxygen atoms in total. The van der Waals surface area contributed by atoms with E-state index < -0.39 is 35.5 Å². The van der Waals surface area contributed by atoms with Gasteiger partial charge in [0.1, 0.15) is 11.4 Å². The van der Waals surface area contributed by atoms with Crippen LogP contribution in [0.1, 0.15) is 72.1 Å². The zero-order valence-corrected chi connectivity index (χ0v) is 17.8. The van der Waals surface area contributed by atoms with Gasteiger partial charge in [0.15, 0.2) is 6.61 Å². The number of carbonyl (C=O) groups is 3. The van der Waals surface area contributed by atoms with Crippen LogP contribution in [0.2, 0.25) is 0 Å². The molecular weight excluding hydrogens is 372 g/mol. The fraction of sp³-hybridized carbons (Fsp3) is 0.870. The van der Waals surface area contributed by atoms with Crippen LogP contribution in [0.15, 0.2) is 0 Å². The van der Waals surface area contributed by atoms with Crippen molar-refractivity contribution >= 4 is 17.5 Å². The Morgan fingerprint density at radius 3 is 2.59 bits per heavy atom. The van der Waals surface area contributed by atoms with Crippen LogP contribution in [-0.2, 0) is 19.1 Å². The van der Waals surface area contributed by atoms with E-state index >= 15 is 0 Å². The Morgan fingerprint density at radius 2 is 1.90 bits per heavy atom. The van der Waals surface area contributed by atoms with E-state index in [0.29, 0.717) is 37.4 Å². The second-order valence-electron chi connectivity index (χ2n) is 10.6. The maximum atomic E-state index is 12.9. The molecule has 2 N–H and O–H groups in total. The van der Waals surface area contributed by atoms with E-state index in [-0.39, 0.29) is 23.2 Å². The molecule has 0 amide bonds. The van der Waals surface area contributed by atoms with Crippen molar-refractivity contribution in [2.75, 3.05) is 6.61 Å². The van der Waals surface area contributed by atoms with E-state index in [1.165, 1.54) is 6.92 Å². The molecule has 0 saturated heterocycles. The molecule has 0 aliphatic heterocycles. The van der Waals surface area contributed by atoms with Gasteiger partial charge in [0.2, 0.25) is 5.78 Å². The van der Waals surface area contributed by atoms with Crippen LogP contribution in [0, 0.1) is 34.5 Å². The molecule has 0 aromatic rings. The highest BCUT2D eigenvalue weighted by Crippen LogP contribution is 2.68. The maximum absolute atomic E-state index is 12.9. The fourth-order valence-corrected chi connectivity index (χ4v) is 7.92. The average Bonchev–Trinajstić information content (AvgIpc) is 2.91. The molecule has 0 aromatic heterocycles. The highest BCUT2D eigenvalue weighted by molar-refractivity contribution is 5.91. The Balaban J connectivity index is 1.63. The number of ketones is 2. The molecule has 6 heteroatoms. The summed E-state index contributed by atoms with van der Waals surface area (Å²) in [6, 6.07) is 0. The van der Waals surface area contributed by atoms with Crippen molar-refractivity contribution in [3.63, 3.8) is 0 Å². The third-order valence-electron chi connectivity index (χ3n) is 9.43. The molecular formula is C23H34O6. The number of carbonyl (C=O) groups excluding carboxylic acids is 3. The minimum Gasteiger partial charge on any atom is -0.458 e. The molecule has 4 aliphatic rings. The summed E-state index contributed by atoms with van der Waals surface area (Å²) in [4.78, 5) is 36.1. The Hall–Kier alpha value is -1.27. The second kappa shape index (κ2) is 6.88. The lowest BCUT2D eigenvalue weighted by molar-refractivity contribution is -0.199. The van der Waals surface area contributed by atoms with Crippen LogP contribution in [0.25, 0.3) is 0 Å². The number of Topliss-reactive ketones (excluding diaryl/α,β-unsaturated/α-hetero) is 2. The molecule has 0 heterocycles. The van der Waals surface area contributed by atoms with Gasteiger partial charge >= 0.3 is 5.97 Å². The van der Waals surface area contributed by atoms with Crippen molar-refractivity contribution < 1.29 is 29.3 Å². The van der Waals surface area contributed by atoms with Gasteiger partial charge in [-0.15, -0.1) is 0 Å². The van der Waals surface area contributed by atoms with E-state index in [2.05, 4.69) is 6.92 Å². The van der Waals surface area contributed by atoms with Gasteiger partial charge in [0.05, 0.1) is 6.10 Å². The summed E-state index contributed by atoms with van der Waals surface area (Å²) in [6.07, 6.45) is 4.81. The summed E-state index contributed by atoms with van der Waals surface area (Å²) in [7, 11) is 0. The van der Waals surface area contributed by atoms with Crippen LogP contribution < -0.4 is 0 Å². The number of ether oxygens (including phenoxy) is 1. The molecule has 0 radical (unpaired) electrons. The maximum Gasteiger partial charge on any atom is 0.303 e. The summed E-state index contributed by atoms with van der Waals surface area (Å²) in [5.74, 6) is 0.182. The number of aliphatic hydroxyl groups is 2. The number of hydrogen-bond acceptors (Lipinski definition) is 6. The molecule has 162 valence electrons. The Labute approximate surface area is 172 Å². The highest BCUT2D eigenvalue weighted by atomic mass is 16.5. The van der Waals surface area contributed by atoms with Crippen molar-refractivity contribution in [3.05, 3.63) is 0 Å². The third kappa shape index (κ3) is 2.93. The van der Waals surface area contributed by atoms with E-state index in [1.807, 2.05) is 6.92 Å². The Kier molecular flexibility index (Phi) is 4.97. The lowest BCUT2D eigenvalue weighted by Gasteiger charge is -2.62. The first-order valence-corrected chi connectivity index (χ1v) is 11.1. The second-order valence-corrected chi connectivity index (χ2v) is 10.6. The Morgan fingerprint density at radius 1 is 1.17 bits per heavy atom. The van der Waals surface area contributed by atoms with E-state index in [0.717, 1.165) is 25.7 Å². The summed E-state index contributed by atoms with van der Waals surface area (Å²) < 4.78 is 4.89. The number of fused-ring (bicyclic) bond motifs is 5. The van der Waals surface area contributed by atoms with E-state index in [1.54, 1.807) is 0 Å². The van der Waals surface area contributed by atoms with Gasteiger partial charge in [-0.1, -0.05) is 13.8 Å². The van der Waals surface area contributed by atoms with Gasteiger partial charge < -0.3 is 14.9 Å². The van der Waals surface area contributed by atoms with Crippen molar-refractivity contribution in [2.45, 2.75) is 83.8 Å². The highest BCUT2D eigenvalue weighted by Gasteiger charge is 2.68. The van der Waals surface area contributed by atoms with Crippen LogP contribution in [0.5, 0.6) is 0 Å². The van der Waals surface area contributed by atoms with E-state index in [4.69, 9.17) is 4.74 Å². The Bertz CT molecular complexity index is 733. The predicted octanol–water partition coefficient (Wildman–Crippen LogP) is 2.43. The fourth-order valence-electron chi connectivity index (χ4n) is 7.92. The van der Waals surface area contributed by atoms with Gasteiger partial charge in [-0.3, -0.25) is 14.4 Å². The van der Waals surface area contributed by atoms with Gasteiger partial charge in [-0.05, 0) is 67.6 Å². The topological polar surface area (TPSA) is 101 Å². The molecule has 4 aliphatic carbocycles. The monoisotopic (exact) mass is 406 g/mol. The zero-order chi connectivity index (χ0) is 21.2. The number of esters is 1. The number of hydrogen-bond donors (Lipinski definition) is 2. The summed E-state index contributed by atoms with van der Waals surface area (Å²) >= 11 is 0. The number of rotatable bonds is 3. The minimum atomic E-state index is -1.57. The van der Waals surface area contributed by atoms with Crippen LogP contribution in [0.4, 0.5) is 0 Å². The normalized spacial score (nSPS) is 49.0. The van der Waals surface area contributed by atoms with Crippen molar-refractivity contribution in [1.29, 1.82) is 0 Å². The third-order valence-corrected chi connectivity index (χ3v) is 9.43. The first-order chi connectivity index (χ1) is 13.5. The van der Waals surface area contributed by atoms with Crippen molar-refractivity contribution in [1.82, 2.24) is 0 Å². The predicted molar refractivity (Wildman–Crippen MR) is 105 cm³/mol. The molecule has 4 saturated carbocycles. The molecule has 0 spiro atoms. The standard InChI is InChI=1S/C23H34O6/c1-13(24)29-12-19(27)23(28)9-7-17-16-5-4-14-10-15(25)6-8-21(14,2)20(16)18(26)11-22(17,23)3/h14,16-18,20,26,28H,4-12H2,1-3H3/t14-,16-,17-,18+,20+,21+,22+,23+/m1/s1. The molecule has 4 fully saturated rings. The lowest BCUT2D eigenvalue weighted by Crippen LogP contribution is -2.63. The first-order valence-electron chi connectivity index (χ1n) is 11.1. The lowest BCUT2D eigenvalue weighted by atomic mass is 9.43. The minimum absolute atomic E-state index is 0.0555. The smallest absolute Gasteiger partial charge is 0.303 e. The van der Waals surface area contributed by atoms with Gasteiger partial charge in [0, 0.05) is 25.2 Å². The zero-order valence-electron chi connectivity index (χ0n) is 17.8. The molecule has 0 unspecified atom stereocenters. The average molecular weight is 407 g/mol. The molecule has 8 atom stereocenters.